The smallest absolute Gasteiger partial charge is 0.416 e. The number of nitriles is 1. The number of nitrogens with zero attached hydrogens (tertiary/aromatic N) is 1. The third-order valence-electron chi connectivity index (χ3n) is 5.56. The Morgan fingerprint density at radius 2 is 2.00 bits per heavy atom. The average Bonchev–Trinajstić information content (AvgIpc) is 2.66. The molecule has 0 saturated carbocycles. The van der Waals surface area contributed by atoms with Crippen LogP contribution in [0.2, 0.25) is 0 Å². The maximum Gasteiger partial charge on any atom is 0.416 e. The molecule has 3 unspecified atom stereocenters. The fraction of sp³-hybridized carbons (Fsp3) is 0.476. The molecule has 0 fully saturated rings. The molecule has 1 aliphatic heterocycles. The molecule has 1 heterocycles. The predicted molar refractivity (Wildman–Crippen MR) is 101 cm³/mol. The molecule has 0 aromatic heterocycles. The molecule has 0 spiro atoms. The first kappa shape index (κ1) is 24.2. The molecule has 2 rings (SSSR count). The first-order chi connectivity index (χ1) is 14.3. The highest BCUT2D eigenvalue weighted by molar-refractivity contribution is 5.79. The van der Waals surface area contributed by atoms with Gasteiger partial charge in [0, 0.05) is 24.6 Å². The van der Waals surface area contributed by atoms with Crippen molar-refractivity contribution in [3.63, 3.8) is 0 Å². The van der Waals surface area contributed by atoms with Gasteiger partial charge in [-0.05, 0) is 44.4 Å². The number of hydrogen-bond acceptors (Lipinski definition) is 5. The number of nitrogens with one attached hydrogen (secondary N) is 1. The van der Waals surface area contributed by atoms with Gasteiger partial charge in [0.25, 0.3) is 0 Å². The number of carbonyl (C=O) groups excluding carboxylic acids is 1. The Hall–Kier alpha value is -3.09. The van der Waals surface area contributed by atoms with Crippen LogP contribution in [0.5, 0.6) is 0 Å². The summed E-state index contributed by atoms with van der Waals surface area (Å²) in [4.78, 5) is 23.3. The fourth-order valence-electron chi connectivity index (χ4n) is 4.01. The van der Waals surface area contributed by atoms with Crippen molar-refractivity contribution in [2.75, 3.05) is 6.61 Å². The zero-order chi connectivity index (χ0) is 23.6. The Morgan fingerprint density at radius 3 is 2.52 bits per heavy atom. The van der Waals surface area contributed by atoms with E-state index in [2.05, 4.69) is 5.32 Å². The molecule has 6 nitrogen and oxygen atoms in total. The van der Waals surface area contributed by atoms with Crippen molar-refractivity contribution in [2.45, 2.75) is 51.7 Å². The van der Waals surface area contributed by atoms with Crippen LogP contribution >= 0.6 is 0 Å². The van der Waals surface area contributed by atoms with Crippen molar-refractivity contribution in [2.24, 2.45) is 5.41 Å². The molecule has 1 aromatic carbocycles. The second kappa shape index (κ2) is 8.96. The van der Waals surface area contributed by atoms with Crippen LogP contribution in [0.3, 0.4) is 0 Å². The summed E-state index contributed by atoms with van der Waals surface area (Å²) in [5.74, 6) is -4.54. The SMILES string of the molecule is CC(=O)OCCCC1NC(C)=C(C#N)C(c2ccc(F)cc2C(F)(F)F)C1(C)C(=O)O. The number of benzene rings is 1. The zero-order valence-electron chi connectivity index (χ0n) is 17.1. The van der Waals surface area contributed by atoms with Crippen LogP contribution in [-0.4, -0.2) is 29.7 Å². The highest BCUT2D eigenvalue weighted by atomic mass is 19.4. The summed E-state index contributed by atoms with van der Waals surface area (Å²) >= 11 is 0. The minimum atomic E-state index is -4.96. The van der Waals surface area contributed by atoms with Crippen LogP contribution in [0.4, 0.5) is 17.6 Å². The molecule has 3 atom stereocenters. The number of aliphatic carboxylic acids is 1. The Bertz CT molecular complexity index is 952. The number of ether oxygens (including phenoxy) is 1. The lowest BCUT2D eigenvalue weighted by molar-refractivity contribution is -0.153. The summed E-state index contributed by atoms with van der Waals surface area (Å²) in [7, 11) is 0. The number of allylic oxidation sites excluding steroid dienone is 2. The van der Waals surface area contributed by atoms with Crippen LogP contribution in [0.25, 0.3) is 0 Å². The molecule has 1 aromatic rings. The highest BCUT2D eigenvalue weighted by Gasteiger charge is 2.55. The van der Waals surface area contributed by atoms with Gasteiger partial charge in [-0.2, -0.15) is 18.4 Å². The van der Waals surface area contributed by atoms with Gasteiger partial charge in [0.15, 0.2) is 0 Å². The average molecular weight is 442 g/mol. The lowest BCUT2D eigenvalue weighted by Gasteiger charge is -2.46. The monoisotopic (exact) mass is 442 g/mol. The summed E-state index contributed by atoms with van der Waals surface area (Å²) in [6.07, 6.45) is -4.57. The van der Waals surface area contributed by atoms with E-state index in [4.69, 9.17) is 4.74 Å². The fourth-order valence-corrected chi connectivity index (χ4v) is 4.01. The predicted octanol–water partition coefficient (Wildman–Crippen LogP) is 4.13. The summed E-state index contributed by atoms with van der Waals surface area (Å²) in [5, 5.41) is 22.7. The third-order valence-corrected chi connectivity index (χ3v) is 5.56. The molecule has 0 aliphatic carbocycles. The number of esters is 1. The first-order valence-corrected chi connectivity index (χ1v) is 9.44. The van der Waals surface area contributed by atoms with Crippen LogP contribution in [0, 0.1) is 22.6 Å². The van der Waals surface area contributed by atoms with E-state index in [1.54, 1.807) is 0 Å². The highest BCUT2D eigenvalue weighted by Crippen LogP contribution is 2.51. The quantitative estimate of drug-likeness (QED) is 0.390. The summed E-state index contributed by atoms with van der Waals surface area (Å²) in [5.41, 5.74) is -3.62. The Balaban J connectivity index is 2.65. The minimum Gasteiger partial charge on any atom is -0.481 e. The molecule has 31 heavy (non-hydrogen) atoms. The van der Waals surface area contributed by atoms with E-state index in [0.29, 0.717) is 6.07 Å². The van der Waals surface area contributed by atoms with Crippen molar-refractivity contribution in [3.05, 3.63) is 46.4 Å². The molecule has 0 bridgehead atoms. The number of rotatable bonds is 6. The van der Waals surface area contributed by atoms with Crippen LogP contribution in [-0.2, 0) is 20.5 Å². The van der Waals surface area contributed by atoms with Crippen LogP contribution < -0.4 is 5.32 Å². The lowest BCUT2D eigenvalue weighted by atomic mass is 9.61. The van der Waals surface area contributed by atoms with Gasteiger partial charge in [-0.1, -0.05) is 6.07 Å². The lowest BCUT2D eigenvalue weighted by Crippen LogP contribution is -2.55. The van der Waals surface area contributed by atoms with E-state index in [-0.39, 0.29) is 30.7 Å². The molecule has 10 heteroatoms. The van der Waals surface area contributed by atoms with Gasteiger partial charge in [-0.25, -0.2) is 4.39 Å². The summed E-state index contributed by atoms with van der Waals surface area (Å²) in [6.45, 7) is 3.96. The number of carboxylic acids is 1. The van der Waals surface area contributed by atoms with Crippen molar-refractivity contribution < 1.29 is 37.0 Å². The van der Waals surface area contributed by atoms with E-state index in [1.165, 1.54) is 20.8 Å². The van der Waals surface area contributed by atoms with E-state index in [9.17, 15) is 37.5 Å². The van der Waals surface area contributed by atoms with Crippen molar-refractivity contribution in [1.29, 1.82) is 5.26 Å². The van der Waals surface area contributed by atoms with E-state index < -0.39 is 52.4 Å². The molecule has 1 aliphatic rings. The summed E-state index contributed by atoms with van der Waals surface area (Å²) in [6, 6.07) is 2.96. The zero-order valence-corrected chi connectivity index (χ0v) is 17.1. The van der Waals surface area contributed by atoms with Crippen molar-refractivity contribution in [3.8, 4) is 6.07 Å². The van der Waals surface area contributed by atoms with Crippen LogP contribution in [0.15, 0.2) is 29.5 Å². The van der Waals surface area contributed by atoms with Crippen LogP contribution in [0.1, 0.15) is 50.7 Å². The second-order valence-corrected chi connectivity index (χ2v) is 7.58. The maximum atomic E-state index is 13.7. The molecule has 168 valence electrons. The van der Waals surface area contributed by atoms with Gasteiger partial charge in [0.2, 0.25) is 0 Å². The standard InChI is InChI=1S/C21H22F4N2O4/c1-11-15(10-26)18(14-7-6-13(22)9-16(14)21(23,24)25)20(3,19(29)30)17(27-11)5-4-8-31-12(2)28/h6-7,9,17-18,27H,4-5,8H2,1-3H3,(H,29,30). The minimum absolute atomic E-state index is 0.00605. The maximum absolute atomic E-state index is 13.7. The molecule has 0 amide bonds. The van der Waals surface area contributed by atoms with Gasteiger partial charge in [-0.15, -0.1) is 0 Å². The normalized spacial score (nSPS) is 23.7. The van der Waals surface area contributed by atoms with Crippen molar-refractivity contribution >= 4 is 11.9 Å². The topological polar surface area (TPSA) is 99.4 Å². The van der Waals surface area contributed by atoms with Gasteiger partial charge in [-0.3, -0.25) is 9.59 Å². The Morgan fingerprint density at radius 1 is 1.35 bits per heavy atom. The second-order valence-electron chi connectivity index (χ2n) is 7.58. The molecular weight excluding hydrogens is 420 g/mol. The number of carbonyl (C=O) groups is 2. The molecule has 2 N–H and O–H groups in total. The number of halogens is 4. The summed E-state index contributed by atoms with van der Waals surface area (Å²) < 4.78 is 59.6. The third kappa shape index (κ3) is 4.81. The van der Waals surface area contributed by atoms with Gasteiger partial charge < -0.3 is 15.2 Å². The van der Waals surface area contributed by atoms with Crippen molar-refractivity contribution in [1.82, 2.24) is 5.32 Å². The Labute approximate surface area is 176 Å². The van der Waals surface area contributed by atoms with E-state index >= 15 is 0 Å². The molecule has 0 saturated heterocycles. The van der Waals surface area contributed by atoms with Gasteiger partial charge in [0.05, 0.1) is 29.2 Å². The van der Waals surface area contributed by atoms with E-state index in [0.717, 1.165) is 12.1 Å². The Kier molecular flexibility index (Phi) is 6.99. The largest absolute Gasteiger partial charge is 0.481 e. The number of hydrogen-bond donors (Lipinski definition) is 2. The number of alkyl halides is 3. The van der Waals surface area contributed by atoms with E-state index in [1.807, 2.05) is 6.07 Å². The first-order valence-electron chi connectivity index (χ1n) is 9.44. The number of carboxylic acid groups (broad SMARTS) is 1. The molecule has 0 radical (unpaired) electrons. The van der Waals surface area contributed by atoms with Gasteiger partial charge in [0.1, 0.15) is 5.82 Å². The van der Waals surface area contributed by atoms with Gasteiger partial charge >= 0.3 is 18.1 Å². The molecular formula is C21H22F4N2O4.